The van der Waals surface area contributed by atoms with Crippen LogP contribution in [0.4, 0.5) is 0 Å². The summed E-state index contributed by atoms with van der Waals surface area (Å²) >= 11 is 13.2. The van der Waals surface area contributed by atoms with Crippen molar-refractivity contribution in [2.45, 2.75) is 27.6 Å². The molecule has 0 atom stereocenters. The minimum absolute atomic E-state index is 0.105. The molecule has 1 aromatic heterocycles. The van der Waals surface area contributed by atoms with Crippen LogP contribution >= 0.6 is 58.2 Å². The number of nitrogens with one attached hydrogen (secondary N) is 2. The van der Waals surface area contributed by atoms with Gasteiger partial charge in [-0.1, -0.05) is 11.6 Å². The van der Waals surface area contributed by atoms with Gasteiger partial charge in [-0.25, -0.2) is 0 Å². The number of carbonyl (C=O) groups excluding carboxylic acids is 2. The molecule has 4 rings (SSSR count). The predicted octanol–water partition coefficient (Wildman–Crippen LogP) is 5.17. The van der Waals surface area contributed by atoms with Crippen LogP contribution in [0.2, 0.25) is 5.02 Å². The molecule has 1 aromatic carbocycles. The van der Waals surface area contributed by atoms with E-state index in [0.717, 1.165) is 35.6 Å². The normalized spacial score (nSPS) is 17.4. The van der Waals surface area contributed by atoms with Crippen LogP contribution in [-0.4, -0.2) is 29.6 Å². The Balaban J connectivity index is 1.54. The Labute approximate surface area is 185 Å². The van der Waals surface area contributed by atoms with Crippen LogP contribution in [-0.2, 0) is 10.5 Å². The van der Waals surface area contributed by atoms with E-state index in [1.807, 2.05) is 23.5 Å². The van der Waals surface area contributed by atoms with Crippen molar-refractivity contribution >= 4 is 70.0 Å². The number of fused-ring (bicyclic) bond motifs is 2. The van der Waals surface area contributed by atoms with E-state index in [2.05, 4.69) is 17.1 Å². The van der Waals surface area contributed by atoms with Crippen LogP contribution in [0.15, 0.2) is 28.5 Å². The first-order chi connectivity index (χ1) is 13.5. The SMILES string of the molecule is CSc1sc(C(=O)NNC(=O)c2ccc(Cl)cc2)c2c1C1(CCC2)SCCS1. The Morgan fingerprint density at radius 2 is 1.79 bits per heavy atom. The van der Waals surface area contributed by atoms with Crippen molar-refractivity contribution < 1.29 is 9.59 Å². The highest BCUT2D eigenvalue weighted by molar-refractivity contribution is 8.20. The first kappa shape index (κ1) is 20.5. The fourth-order valence-electron chi connectivity index (χ4n) is 3.60. The summed E-state index contributed by atoms with van der Waals surface area (Å²) in [6.07, 6.45) is 5.24. The summed E-state index contributed by atoms with van der Waals surface area (Å²) < 4.78 is 1.33. The maximum absolute atomic E-state index is 12.9. The maximum Gasteiger partial charge on any atom is 0.280 e. The molecule has 1 fully saturated rings. The molecule has 1 saturated heterocycles. The molecule has 0 unspecified atom stereocenters. The Bertz CT molecular complexity index is 907. The van der Waals surface area contributed by atoms with Gasteiger partial charge in [-0.05, 0) is 55.3 Å². The Kier molecular flexibility index (Phi) is 6.23. The number of hydrogen-bond donors (Lipinski definition) is 2. The average molecular weight is 471 g/mol. The monoisotopic (exact) mass is 470 g/mol. The van der Waals surface area contributed by atoms with Gasteiger partial charge in [0.15, 0.2) is 0 Å². The number of hydrogen-bond acceptors (Lipinski definition) is 6. The zero-order valence-corrected chi connectivity index (χ0v) is 19.2. The fourth-order valence-corrected chi connectivity index (χ4v) is 9.60. The highest BCUT2D eigenvalue weighted by Crippen LogP contribution is 2.61. The van der Waals surface area contributed by atoms with Crippen molar-refractivity contribution in [3.05, 3.63) is 50.9 Å². The summed E-state index contributed by atoms with van der Waals surface area (Å²) in [7, 11) is 0. The van der Waals surface area contributed by atoms with Crippen LogP contribution in [0.3, 0.4) is 0 Å². The Hall–Kier alpha value is -0.800. The first-order valence-electron chi connectivity index (χ1n) is 8.88. The van der Waals surface area contributed by atoms with Crippen molar-refractivity contribution in [3.63, 3.8) is 0 Å². The molecule has 2 heterocycles. The van der Waals surface area contributed by atoms with Crippen molar-refractivity contribution in [2.24, 2.45) is 0 Å². The van der Waals surface area contributed by atoms with E-state index >= 15 is 0 Å². The highest BCUT2D eigenvalue weighted by Gasteiger charge is 2.45. The van der Waals surface area contributed by atoms with Crippen LogP contribution < -0.4 is 10.9 Å². The number of rotatable bonds is 3. The molecule has 9 heteroatoms. The third kappa shape index (κ3) is 3.81. The van der Waals surface area contributed by atoms with Crippen molar-refractivity contribution in [3.8, 4) is 0 Å². The number of carbonyl (C=O) groups is 2. The molecule has 0 bridgehead atoms. The summed E-state index contributed by atoms with van der Waals surface area (Å²) in [6, 6.07) is 6.55. The molecular weight excluding hydrogens is 452 g/mol. The van der Waals surface area contributed by atoms with E-state index < -0.39 is 0 Å². The predicted molar refractivity (Wildman–Crippen MR) is 122 cm³/mol. The molecule has 148 valence electrons. The zero-order chi connectivity index (χ0) is 19.7. The van der Waals surface area contributed by atoms with Crippen LogP contribution in [0.5, 0.6) is 0 Å². The molecule has 0 saturated carbocycles. The molecule has 2 aromatic rings. The lowest BCUT2D eigenvalue weighted by Gasteiger charge is -2.33. The maximum atomic E-state index is 12.9. The topological polar surface area (TPSA) is 58.2 Å². The van der Waals surface area contributed by atoms with Gasteiger partial charge in [0, 0.05) is 27.7 Å². The molecule has 2 N–H and O–H groups in total. The number of benzene rings is 1. The summed E-state index contributed by atoms with van der Waals surface area (Å²) in [4.78, 5) is 25.9. The van der Waals surface area contributed by atoms with E-state index in [1.165, 1.54) is 15.3 Å². The average Bonchev–Trinajstić information content (AvgIpc) is 3.32. The number of halogens is 1. The van der Waals surface area contributed by atoms with Gasteiger partial charge < -0.3 is 0 Å². The summed E-state index contributed by atoms with van der Waals surface area (Å²) in [5.41, 5.74) is 8.09. The molecule has 1 aliphatic carbocycles. The van der Waals surface area contributed by atoms with E-state index in [0.29, 0.717) is 10.6 Å². The van der Waals surface area contributed by atoms with Crippen LogP contribution in [0.1, 0.15) is 44.0 Å². The van der Waals surface area contributed by atoms with Gasteiger partial charge in [-0.2, -0.15) is 0 Å². The fraction of sp³-hybridized carbons (Fsp3) is 0.368. The lowest BCUT2D eigenvalue weighted by Crippen LogP contribution is -2.41. The molecule has 4 nitrogen and oxygen atoms in total. The lowest BCUT2D eigenvalue weighted by molar-refractivity contribution is 0.0848. The summed E-state index contributed by atoms with van der Waals surface area (Å²) in [5, 5.41) is 0.562. The molecule has 0 radical (unpaired) electrons. The largest absolute Gasteiger partial charge is 0.280 e. The van der Waals surface area contributed by atoms with E-state index in [-0.39, 0.29) is 15.9 Å². The van der Waals surface area contributed by atoms with Crippen LogP contribution in [0.25, 0.3) is 0 Å². The minimum atomic E-state index is -0.362. The van der Waals surface area contributed by atoms with Crippen LogP contribution in [0, 0.1) is 0 Å². The lowest BCUT2D eigenvalue weighted by atomic mass is 9.92. The number of amides is 2. The second-order valence-electron chi connectivity index (χ2n) is 6.49. The first-order valence-corrected chi connectivity index (χ1v) is 13.3. The highest BCUT2D eigenvalue weighted by atomic mass is 35.5. The smallest absolute Gasteiger partial charge is 0.267 e. The van der Waals surface area contributed by atoms with Gasteiger partial charge in [0.1, 0.15) is 0 Å². The zero-order valence-electron chi connectivity index (χ0n) is 15.2. The van der Waals surface area contributed by atoms with Crippen molar-refractivity contribution in [1.82, 2.24) is 10.9 Å². The van der Waals surface area contributed by atoms with Gasteiger partial charge in [0.05, 0.1) is 13.2 Å². The molecule has 28 heavy (non-hydrogen) atoms. The van der Waals surface area contributed by atoms with Gasteiger partial charge >= 0.3 is 0 Å². The Morgan fingerprint density at radius 3 is 2.46 bits per heavy atom. The van der Waals surface area contributed by atoms with E-state index in [1.54, 1.807) is 47.4 Å². The second kappa shape index (κ2) is 8.52. The standard InChI is InChI=1S/C19H19ClN2O2S4/c1-25-18-14-13(3-2-8-19(14)26-9-10-27-19)15(28-18)17(24)22-21-16(23)11-4-6-12(20)7-5-11/h4-7H,2-3,8-10H2,1H3,(H,21,23)(H,22,24). The number of thiophene rings is 1. The summed E-state index contributed by atoms with van der Waals surface area (Å²) in [5.74, 6) is 1.71. The van der Waals surface area contributed by atoms with Gasteiger partial charge in [0.25, 0.3) is 11.8 Å². The molecule has 1 spiro atoms. The third-order valence-electron chi connectivity index (χ3n) is 4.83. The van der Waals surface area contributed by atoms with E-state index in [4.69, 9.17) is 11.6 Å². The number of hydrazine groups is 1. The summed E-state index contributed by atoms with van der Waals surface area (Å²) in [6.45, 7) is 0. The quantitative estimate of drug-likeness (QED) is 0.478. The minimum Gasteiger partial charge on any atom is -0.267 e. The third-order valence-corrected chi connectivity index (χ3v) is 11.0. The molecule has 2 aliphatic rings. The van der Waals surface area contributed by atoms with Gasteiger partial charge in [-0.15, -0.1) is 46.6 Å². The molecule has 1 aliphatic heterocycles. The number of thioether (sulfide) groups is 3. The van der Waals surface area contributed by atoms with Gasteiger partial charge in [-0.3, -0.25) is 20.4 Å². The van der Waals surface area contributed by atoms with Gasteiger partial charge in [0.2, 0.25) is 0 Å². The molecular formula is C19H19ClN2O2S4. The van der Waals surface area contributed by atoms with Crippen molar-refractivity contribution in [1.29, 1.82) is 0 Å². The second-order valence-corrected chi connectivity index (χ2v) is 12.1. The van der Waals surface area contributed by atoms with E-state index in [9.17, 15) is 9.59 Å². The Morgan fingerprint density at radius 1 is 1.11 bits per heavy atom. The molecule has 2 amide bonds. The van der Waals surface area contributed by atoms with Crippen molar-refractivity contribution in [2.75, 3.05) is 17.8 Å².